The number of aromatic nitrogens is 3. The number of nitriles is 1. The first-order chi connectivity index (χ1) is 28.6. The van der Waals surface area contributed by atoms with Crippen molar-refractivity contribution in [1.82, 2.24) is 15.0 Å². The largest absolute Gasteiger partial charge is 0.456 e. The topological polar surface area (TPSA) is 88.7 Å². The Morgan fingerprint density at radius 2 is 1.12 bits per heavy atom. The van der Waals surface area contributed by atoms with Crippen LogP contribution in [0.15, 0.2) is 154 Å². The SMILES string of the molecule is N#Cc1ccc2c(c1)C1(CCCCC1)c1cc(-c3ccc4oc5c(-c6nc(-c7ccccc7)nc(-c7ccc8c(c7)oc7ccccc78)n6)cccc5c4c3)ccc1-2. The summed E-state index contributed by atoms with van der Waals surface area (Å²) in [6.07, 6.45) is 5.87. The summed E-state index contributed by atoms with van der Waals surface area (Å²) in [6.45, 7) is 0. The minimum Gasteiger partial charge on any atom is -0.456 e. The first-order valence-corrected chi connectivity index (χ1v) is 20.0. The monoisotopic (exact) mass is 746 g/mol. The normalized spacial score (nSPS) is 14.3. The van der Waals surface area contributed by atoms with Crippen molar-refractivity contribution in [3.05, 3.63) is 162 Å². The smallest absolute Gasteiger partial charge is 0.167 e. The van der Waals surface area contributed by atoms with Gasteiger partial charge in [-0.3, -0.25) is 0 Å². The number of hydrogen-bond donors (Lipinski definition) is 0. The van der Waals surface area contributed by atoms with E-state index < -0.39 is 0 Å². The Kier molecular flexibility index (Phi) is 7.12. The van der Waals surface area contributed by atoms with Crippen molar-refractivity contribution < 1.29 is 8.83 Å². The maximum atomic E-state index is 9.79. The highest BCUT2D eigenvalue weighted by Gasteiger charge is 2.44. The van der Waals surface area contributed by atoms with E-state index in [2.05, 4.69) is 84.9 Å². The Morgan fingerprint density at radius 1 is 0.448 bits per heavy atom. The zero-order valence-corrected chi connectivity index (χ0v) is 31.5. The van der Waals surface area contributed by atoms with E-state index in [0.29, 0.717) is 17.5 Å². The van der Waals surface area contributed by atoms with Crippen molar-refractivity contribution in [3.8, 4) is 62.5 Å². The molecule has 274 valence electrons. The number of nitrogens with zero attached hydrogens (tertiary/aromatic N) is 4. The van der Waals surface area contributed by atoms with Crippen LogP contribution in [0.1, 0.15) is 48.8 Å². The summed E-state index contributed by atoms with van der Waals surface area (Å²) in [6, 6.07) is 52.6. The lowest BCUT2D eigenvalue weighted by Crippen LogP contribution is -2.28. The molecule has 0 N–H and O–H groups in total. The van der Waals surface area contributed by atoms with E-state index in [-0.39, 0.29) is 5.41 Å². The van der Waals surface area contributed by atoms with Gasteiger partial charge in [0, 0.05) is 38.1 Å². The lowest BCUT2D eigenvalue weighted by atomic mass is 9.67. The van der Waals surface area contributed by atoms with Gasteiger partial charge < -0.3 is 8.83 Å². The quantitative estimate of drug-likeness (QED) is 0.178. The van der Waals surface area contributed by atoms with Gasteiger partial charge in [-0.1, -0.05) is 110 Å². The Hall–Kier alpha value is -7.36. The number of furan rings is 2. The zero-order valence-electron chi connectivity index (χ0n) is 31.5. The highest BCUT2D eigenvalue weighted by atomic mass is 16.3. The molecule has 1 fully saturated rings. The number of rotatable bonds is 4. The highest BCUT2D eigenvalue weighted by Crippen LogP contribution is 2.56. The van der Waals surface area contributed by atoms with Gasteiger partial charge in [-0.2, -0.15) is 5.26 Å². The number of hydrogen-bond acceptors (Lipinski definition) is 6. The molecule has 0 aliphatic heterocycles. The number of fused-ring (bicyclic) bond motifs is 11. The molecule has 2 aliphatic carbocycles. The summed E-state index contributed by atoms with van der Waals surface area (Å²) < 4.78 is 13.0. The molecule has 0 amide bonds. The molecule has 0 radical (unpaired) electrons. The van der Waals surface area contributed by atoms with Crippen LogP contribution in [0.5, 0.6) is 0 Å². The molecule has 0 bridgehead atoms. The van der Waals surface area contributed by atoms with Crippen LogP contribution in [-0.4, -0.2) is 15.0 Å². The molecule has 1 spiro atoms. The van der Waals surface area contributed by atoms with Gasteiger partial charge in [0.25, 0.3) is 0 Å². The van der Waals surface area contributed by atoms with Crippen molar-refractivity contribution in [2.24, 2.45) is 0 Å². The summed E-state index contributed by atoms with van der Waals surface area (Å²) in [4.78, 5) is 15.2. The van der Waals surface area contributed by atoms with Crippen molar-refractivity contribution in [1.29, 1.82) is 5.26 Å². The third-order valence-corrected chi connectivity index (χ3v) is 12.6. The second-order valence-electron chi connectivity index (χ2n) is 15.8. The summed E-state index contributed by atoms with van der Waals surface area (Å²) >= 11 is 0. The molecule has 1 saturated carbocycles. The molecular formula is C52H34N4O2. The van der Waals surface area contributed by atoms with Gasteiger partial charge in [0.05, 0.1) is 17.2 Å². The van der Waals surface area contributed by atoms with E-state index in [0.717, 1.165) is 84.5 Å². The average Bonchev–Trinajstić information content (AvgIpc) is 3.94. The van der Waals surface area contributed by atoms with E-state index in [1.54, 1.807) is 0 Å². The van der Waals surface area contributed by atoms with Crippen LogP contribution in [-0.2, 0) is 5.41 Å². The fraction of sp³-hybridized carbons (Fsp3) is 0.115. The second kappa shape index (κ2) is 12.6. The molecule has 6 nitrogen and oxygen atoms in total. The van der Waals surface area contributed by atoms with Crippen molar-refractivity contribution in [2.45, 2.75) is 37.5 Å². The molecule has 0 atom stereocenters. The highest BCUT2D eigenvalue weighted by molar-refractivity contribution is 6.10. The van der Waals surface area contributed by atoms with Gasteiger partial charge >= 0.3 is 0 Å². The van der Waals surface area contributed by atoms with Crippen LogP contribution in [0.2, 0.25) is 0 Å². The van der Waals surface area contributed by atoms with Crippen LogP contribution < -0.4 is 0 Å². The van der Waals surface area contributed by atoms with Crippen LogP contribution in [0.3, 0.4) is 0 Å². The number of para-hydroxylation sites is 2. The first-order valence-electron chi connectivity index (χ1n) is 20.0. The van der Waals surface area contributed by atoms with Gasteiger partial charge in [0.2, 0.25) is 0 Å². The third-order valence-electron chi connectivity index (χ3n) is 12.6. The van der Waals surface area contributed by atoms with Gasteiger partial charge in [-0.15, -0.1) is 0 Å². The molecule has 0 unspecified atom stereocenters. The molecule has 6 heteroatoms. The van der Waals surface area contributed by atoms with Crippen molar-refractivity contribution in [2.75, 3.05) is 0 Å². The first kappa shape index (κ1) is 32.8. The molecular weight excluding hydrogens is 713 g/mol. The average molecular weight is 747 g/mol. The maximum Gasteiger partial charge on any atom is 0.167 e. The lowest BCUT2D eigenvalue weighted by molar-refractivity contribution is 0.353. The minimum atomic E-state index is -0.0487. The zero-order chi connectivity index (χ0) is 38.4. The van der Waals surface area contributed by atoms with Crippen molar-refractivity contribution >= 4 is 43.9 Å². The third kappa shape index (κ3) is 4.93. The van der Waals surface area contributed by atoms with E-state index >= 15 is 0 Å². The maximum absolute atomic E-state index is 9.79. The predicted octanol–water partition coefficient (Wildman–Crippen LogP) is 13.4. The standard InChI is InChI=1S/C52H34N4O2/c53-30-31-16-20-36-37-21-17-34(28-44(37)52(43(36)26-31)24-7-2-8-25-52)33-19-23-46-42(27-33)40-13-9-14-41(48(40)58-46)51-55-49(32-10-3-1-4-11-32)54-50(56-51)35-18-22-39-38-12-5-6-15-45(38)57-47(39)29-35/h1,3-6,9-23,26-29H,2,7-8,24-25H2. The van der Waals surface area contributed by atoms with Crippen LogP contribution >= 0.6 is 0 Å². The molecule has 7 aromatic carbocycles. The molecule has 58 heavy (non-hydrogen) atoms. The minimum absolute atomic E-state index is 0.0487. The summed E-state index contributed by atoms with van der Waals surface area (Å²) in [5, 5.41) is 14.0. The Morgan fingerprint density at radius 3 is 1.98 bits per heavy atom. The van der Waals surface area contributed by atoms with E-state index in [1.165, 1.54) is 47.1 Å². The summed E-state index contributed by atoms with van der Waals surface area (Å²) in [7, 11) is 0. The van der Waals surface area contributed by atoms with Crippen LogP contribution in [0, 0.1) is 11.3 Å². The van der Waals surface area contributed by atoms with Crippen molar-refractivity contribution in [3.63, 3.8) is 0 Å². The Bertz CT molecular complexity index is 3350. The van der Waals surface area contributed by atoms with E-state index in [1.807, 2.05) is 66.7 Å². The predicted molar refractivity (Wildman–Crippen MR) is 230 cm³/mol. The molecule has 3 aromatic heterocycles. The van der Waals surface area contributed by atoms with Crippen LogP contribution in [0.4, 0.5) is 0 Å². The molecule has 0 saturated heterocycles. The summed E-state index contributed by atoms with van der Waals surface area (Å²) in [5.74, 6) is 1.67. The molecule has 12 rings (SSSR count). The molecule has 10 aromatic rings. The number of benzene rings is 7. The summed E-state index contributed by atoms with van der Waals surface area (Å²) in [5.41, 5.74) is 14.0. The van der Waals surface area contributed by atoms with Gasteiger partial charge in [-0.25, -0.2) is 15.0 Å². The van der Waals surface area contributed by atoms with E-state index in [9.17, 15) is 5.26 Å². The van der Waals surface area contributed by atoms with Gasteiger partial charge in [0.1, 0.15) is 22.3 Å². The fourth-order valence-corrected chi connectivity index (χ4v) is 9.80. The molecule has 3 heterocycles. The van der Waals surface area contributed by atoms with Gasteiger partial charge in [0.15, 0.2) is 17.5 Å². The Balaban J connectivity index is 0.984. The second-order valence-corrected chi connectivity index (χ2v) is 15.8. The van der Waals surface area contributed by atoms with E-state index in [4.69, 9.17) is 23.8 Å². The Labute approximate surface area is 334 Å². The van der Waals surface area contributed by atoms with Crippen LogP contribution in [0.25, 0.3) is 100 Å². The molecule has 2 aliphatic rings. The van der Waals surface area contributed by atoms with Gasteiger partial charge in [-0.05, 0) is 101 Å². The fourth-order valence-electron chi connectivity index (χ4n) is 9.80. The lowest BCUT2D eigenvalue weighted by Gasteiger charge is -2.36.